The van der Waals surface area contributed by atoms with Crippen LogP contribution in [0.4, 0.5) is 11.4 Å². The fraction of sp³-hybridized carbons (Fsp3) is 0.615. The molecule has 0 amide bonds. The lowest BCUT2D eigenvalue weighted by molar-refractivity contribution is -0.384. The second-order valence-corrected chi connectivity index (χ2v) is 4.91. The highest BCUT2D eigenvalue weighted by Crippen LogP contribution is 2.31. The summed E-state index contributed by atoms with van der Waals surface area (Å²) in [5, 5.41) is 14.0. The van der Waals surface area contributed by atoms with Crippen molar-refractivity contribution in [1.29, 1.82) is 0 Å². The van der Waals surface area contributed by atoms with E-state index in [1.165, 1.54) is 19.3 Å². The molecule has 0 unspecified atom stereocenters. The van der Waals surface area contributed by atoms with Crippen LogP contribution in [0.15, 0.2) is 6.07 Å². The minimum absolute atomic E-state index is 0.0570. The first-order chi connectivity index (χ1) is 9.06. The van der Waals surface area contributed by atoms with Gasteiger partial charge in [0.2, 0.25) is 5.15 Å². The highest BCUT2D eigenvalue weighted by molar-refractivity contribution is 6.32. The summed E-state index contributed by atoms with van der Waals surface area (Å²) < 4.78 is 0. The Labute approximate surface area is 118 Å². The average Bonchev–Trinajstić information content (AvgIpc) is 2.32. The van der Waals surface area contributed by atoms with Gasteiger partial charge in [0.05, 0.1) is 4.92 Å². The minimum atomic E-state index is -0.492. The summed E-state index contributed by atoms with van der Waals surface area (Å²) in [5.74, 6) is 0. The van der Waals surface area contributed by atoms with E-state index in [-0.39, 0.29) is 10.8 Å². The van der Waals surface area contributed by atoms with Crippen LogP contribution in [0.2, 0.25) is 5.15 Å². The molecule has 1 aromatic rings. The molecule has 0 bridgehead atoms. The molecule has 19 heavy (non-hydrogen) atoms. The molecule has 0 saturated heterocycles. The fourth-order valence-corrected chi connectivity index (χ4v) is 2.19. The van der Waals surface area contributed by atoms with Gasteiger partial charge in [-0.3, -0.25) is 10.1 Å². The average molecular weight is 286 g/mol. The Bertz CT molecular complexity index is 438. The van der Waals surface area contributed by atoms with Crippen molar-refractivity contribution in [2.24, 2.45) is 0 Å². The maximum absolute atomic E-state index is 11.0. The number of unbranched alkanes of at least 4 members (excludes halogenated alkanes) is 4. The number of nitrogens with zero attached hydrogens (tertiary/aromatic N) is 2. The first-order valence-corrected chi connectivity index (χ1v) is 6.99. The van der Waals surface area contributed by atoms with Crippen molar-refractivity contribution in [3.05, 3.63) is 27.0 Å². The molecular weight excluding hydrogens is 266 g/mol. The summed E-state index contributed by atoms with van der Waals surface area (Å²) in [6, 6.07) is 1.66. The predicted octanol–water partition coefficient (Wildman–Crippen LogP) is 4.33. The number of hydrogen-bond donors (Lipinski definition) is 1. The number of aromatic nitrogens is 1. The Hall–Kier alpha value is -1.36. The van der Waals surface area contributed by atoms with Gasteiger partial charge >= 0.3 is 5.69 Å². The third-order valence-corrected chi connectivity index (χ3v) is 3.12. The Balaban J connectivity index is 2.59. The Morgan fingerprint density at radius 2 is 2.05 bits per heavy atom. The Morgan fingerprint density at radius 1 is 1.37 bits per heavy atom. The largest absolute Gasteiger partial charge is 0.379 e. The van der Waals surface area contributed by atoms with E-state index < -0.39 is 4.92 Å². The lowest BCUT2D eigenvalue weighted by Gasteiger charge is -2.08. The molecular formula is C13H20ClN3O2. The van der Waals surface area contributed by atoms with Crippen LogP contribution < -0.4 is 5.32 Å². The van der Waals surface area contributed by atoms with Gasteiger partial charge in [-0.05, 0) is 19.4 Å². The van der Waals surface area contributed by atoms with Crippen LogP contribution in [-0.2, 0) is 0 Å². The molecule has 5 nitrogen and oxygen atoms in total. The molecule has 0 fully saturated rings. The van der Waals surface area contributed by atoms with Gasteiger partial charge in [-0.15, -0.1) is 0 Å². The van der Waals surface area contributed by atoms with E-state index in [0.29, 0.717) is 17.9 Å². The minimum Gasteiger partial charge on any atom is -0.379 e. The highest BCUT2D eigenvalue weighted by Gasteiger charge is 2.20. The molecule has 0 spiro atoms. The van der Waals surface area contributed by atoms with E-state index in [9.17, 15) is 10.1 Å². The van der Waals surface area contributed by atoms with E-state index in [0.717, 1.165) is 12.8 Å². The van der Waals surface area contributed by atoms with Gasteiger partial charge in [0, 0.05) is 12.2 Å². The van der Waals surface area contributed by atoms with Crippen LogP contribution in [0.25, 0.3) is 0 Å². The normalized spacial score (nSPS) is 10.5. The first-order valence-electron chi connectivity index (χ1n) is 6.61. The number of aryl methyl sites for hydroxylation is 1. The zero-order valence-electron chi connectivity index (χ0n) is 11.4. The molecule has 1 N–H and O–H groups in total. The van der Waals surface area contributed by atoms with Gasteiger partial charge in [0.15, 0.2) is 0 Å². The molecule has 0 saturated carbocycles. The SMILES string of the molecule is CCCCCCCNc1cc(C)nc(Cl)c1[N+](=O)[O-]. The standard InChI is InChI=1S/C13H20ClN3O2/c1-3-4-5-6-7-8-15-11-9-10(2)16-13(14)12(11)17(18)19/h9H,3-8H2,1-2H3,(H,15,16). The summed E-state index contributed by atoms with van der Waals surface area (Å²) in [4.78, 5) is 14.4. The number of nitro groups is 1. The monoisotopic (exact) mass is 285 g/mol. The van der Waals surface area contributed by atoms with Crippen molar-refractivity contribution < 1.29 is 4.92 Å². The van der Waals surface area contributed by atoms with E-state index in [4.69, 9.17) is 11.6 Å². The van der Waals surface area contributed by atoms with Crippen molar-refractivity contribution in [2.45, 2.75) is 46.0 Å². The van der Waals surface area contributed by atoms with E-state index >= 15 is 0 Å². The molecule has 0 aliphatic heterocycles. The predicted molar refractivity (Wildman–Crippen MR) is 77.9 cm³/mol. The van der Waals surface area contributed by atoms with E-state index in [2.05, 4.69) is 17.2 Å². The second-order valence-electron chi connectivity index (χ2n) is 4.55. The molecule has 106 valence electrons. The topological polar surface area (TPSA) is 68.1 Å². The van der Waals surface area contributed by atoms with Crippen LogP contribution in [0.5, 0.6) is 0 Å². The number of hydrogen-bond acceptors (Lipinski definition) is 4. The molecule has 1 heterocycles. The molecule has 6 heteroatoms. The summed E-state index contributed by atoms with van der Waals surface area (Å²) >= 11 is 5.82. The number of nitrogens with one attached hydrogen (secondary N) is 1. The van der Waals surface area contributed by atoms with Crippen LogP contribution in [-0.4, -0.2) is 16.5 Å². The summed E-state index contributed by atoms with van der Waals surface area (Å²) in [5.41, 5.74) is 0.989. The quantitative estimate of drug-likeness (QED) is 0.334. The molecule has 0 radical (unpaired) electrons. The molecule has 1 rings (SSSR count). The third kappa shape index (κ3) is 5.03. The van der Waals surface area contributed by atoms with Crippen LogP contribution in [0, 0.1) is 17.0 Å². The van der Waals surface area contributed by atoms with Crippen molar-refractivity contribution in [3.8, 4) is 0 Å². The lowest BCUT2D eigenvalue weighted by atomic mass is 10.1. The molecule has 0 atom stereocenters. The van der Waals surface area contributed by atoms with Gasteiger partial charge in [-0.1, -0.05) is 44.2 Å². The van der Waals surface area contributed by atoms with Crippen molar-refractivity contribution >= 4 is 23.0 Å². The maximum Gasteiger partial charge on any atom is 0.329 e. The Morgan fingerprint density at radius 3 is 2.68 bits per heavy atom. The number of anilines is 1. The van der Waals surface area contributed by atoms with Gasteiger partial charge < -0.3 is 5.32 Å². The summed E-state index contributed by atoms with van der Waals surface area (Å²) in [6.07, 6.45) is 5.78. The molecule has 1 aromatic heterocycles. The van der Waals surface area contributed by atoms with Crippen molar-refractivity contribution in [2.75, 3.05) is 11.9 Å². The van der Waals surface area contributed by atoms with Gasteiger partial charge in [-0.25, -0.2) is 4.98 Å². The molecule has 0 aliphatic rings. The molecule has 0 aliphatic carbocycles. The zero-order valence-corrected chi connectivity index (χ0v) is 12.2. The Kier molecular flexibility index (Phi) is 6.56. The third-order valence-electron chi connectivity index (χ3n) is 2.86. The highest BCUT2D eigenvalue weighted by atomic mass is 35.5. The maximum atomic E-state index is 11.0. The summed E-state index contributed by atoms with van der Waals surface area (Å²) in [7, 11) is 0. The van der Waals surface area contributed by atoms with Crippen LogP contribution in [0.1, 0.15) is 44.7 Å². The van der Waals surface area contributed by atoms with Crippen LogP contribution in [0.3, 0.4) is 0 Å². The number of rotatable bonds is 8. The smallest absolute Gasteiger partial charge is 0.329 e. The van der Waals surface area contributed by atoms with Gasteiger partial charge in [-0.2, -0.15) is 0 Å². The van der Waals surface area contributed by atoms with Crippen molar-refractivity contribution in [3.63, 3.8) is 0 Å². The molecule has 0 aromatic carbocycles. The van der Waals surface area contributed by atoms with Crippen molar-refractivity contribution in [1.82, 2.24) is 4.98 Å². The number of pyridine rings is 1. The van der Waals surface area contributed by atoms with E-state index in [1.54, 1.807) is 13.0 Å². The lowest BCUT2D eigenvalue weighted by Crippen LogP contribution is -2.06. The van der Waals surface area contributed by atoms with Crippen LogP contribution >= 0.6 is 11.6 Å². The first kappa shape index (κ1) is 15.7. The van der Waals surface area contributed by atoms with E-state index in [1.807, 2.05) is 0 Å². The van der Waals surface area contributed by atoms with Gasteiger partial charge in [0.25, 0.3) is 0 Å². The fourth-order valence-electron chi connectivity index (χ4n) is 1.89. The summed E-state index contributed by atoms with van der Waals surface area (Å²) in [6.45, 7) is 4.65. The zero-order chi connectivity index (χ0) is 14.3. The number of halogens is 1. The second kappa shape index (κ2) is 7.94. The van der Waals surface area contributed by atoms with Gasteiger partial charge in [0.1, 0.15) is 5.69 Å².